The number of nitrogens with one attached hydrogen (secondary N) is 1. The third kappa shape index (κ3) is 3.44. The second-order valence-electron chi connectivity index (χ2n) is 2.21. The maximum Gasteiger partial charge on any atom is 0.0465 e. The van der Waals surface area contributed by atoms with Crippen LogP contribution in [-0.4, -0.2) is 12.4 Å². The van der Waals surface area contributed by atoms with Crippen LogP contribution in [0.15, 0.2) is 35.2 Å². The van der Waals surface area contributed by atoms with E-state index < -0.39 is 0 Å². The van der Waals surface area contributed by atoms with Crippen molar-refractivity contribution in [3.05, 3.63) is 30.3 Å². The molecule has 0 fully saturated rings. The fourth-order valence-electron chi connectivity index (χ4n) is 0.753. The van der Waals surface area contributed by atoms with Crippen molar-refractivity contribution >= 4 is 11.8 Å². The summed E-state index contributed by atoms with van der Waals surface area (Å²) >= 11 is 1.83. The average Bonchev–Trinajstić information content (AvgIpc) is 2.07. The van der Waals surface area contributed by atoms with Crippen LogP contribution in [0.5, 0.6) is 0 Å². The molecule has 0 spiro atoms. The number of thioether (sulfide) groups is 1. The zero-order valence-corrected chi connectivity index (χ0v) is 7.53. The lowest BCUT2D eigenvalue weighted by atomic mass is 10.4. The molecular weight excluding hydrogens is 154 g/mol. The topological polar surface area (TPSA) is 12.0 Å². The maximum absolute atomic E-state index is 3.26. The molecule has 0 atom stereocenters. The Bertz CT molecular complexity index is 186. The molecule has 60 valence electrons. The van der Waals surface area contributed by atoms with Gasteiger partial charge in [-0.15, -0.1) is 11.8 Å². The van der Waals surface area contributed by atoms with E-state index in [0.29, 0.717) is 0 Å². The molecule has 0 aromatic heterocycles. The van der Waals surface area contributed by atoms with Gasteiger partial charge in [-0.05, 0) is 18.7 Å². The maximum atomic E-state index is 3.26. The fraction of sp³-hybridized carbons (Fsp3) is 0.333. The molecule has 0 bridgehead atoms. The van der Waals surface area contributed by atoms with Crippen LogP contribution < -0.4 is 5.32 Å². The summed E-state index contributed by atoms with van der Waals surface area (Å²) in [4.78, 5) is 1.33. The van der Waals surface area contributed by atoms with Gasteiger partial charge in [0.05, 0.1) is 0 Å². The van der Waals surface area contributed by atoms with Gasteiger partial charge in [-0.25, -0.2) is 0 Å². The summed E-state index contributed by atoms with van der Waals surface area (Å²) in [6, 6.07) is 10.4. The van der Waals surface area contributed by atoms with Crippen LogP contribution in [0.25, 0.3) is 0 Å². The Labute approximate surface area is 72.2 Å². The molecule has 0 saturated carbocycles. The van der Waals surface area contributed by atoms with Crippen molar-refractivity contribution in [2.24, 2.45) is 0 Å². The molecule has 0 radical (unpaired) electrons. The first kappa shape index (κ1) is 8.62. The van der Waals surface area contributed by atoms with Crippen molar-refractivity contribution in [3.8, 4) is 0 Å². The van der Waals surface area contributed by atoms with E-state index in [1.807, 2.05) is 17.8 Å². The first-order chi connectivity index (χ1) is 5.43. The van der Waals surface area contributed by atoms with Crippen molar-refractivity contribution in [3.63, 3.8) is 0 Å². The Kier molecular flexibility index (Phi) is 4.09. The Balaban J connectivity index is 2.28. The summed E-state index contributed by atoms with van der Waals surface area (Å²) in [5.41, 5.74) is 0. The molecule has 0 aliphatic rings. The van der Waals surface area contributed by atoms with Gasteiger partial charge in [0.25, 0.3) is 0 Å². The molecule has 1 aromatic rings. The van der Waals surface area contributed by atoms with E-state index in [2.05, 4.69) is 36.5 Å². The summed E-state index contributed by atoms with van der Waals surface area (Å²) in [7, 11) is 0. The van der Waals surface area contributed by atoms with Crippen LogP contribution in [-0.2, 0) is 0 Å². The molecule has 0 amide bonds. The lowest BCUT2D eigenvalue weighted by Crippen LogP contribution is -2.10. The van der Waals surface area contributed by atoms with E-state index in [1.54, 1.807) is 0 Å². The highest BCUT2D eigenvalue weighted by Crippen LogP contribution is 2.14. The highest BCUT2D eigenvalue weighted by Gasteiger charge is 1.88. The molecule has 0 aliphatic carbocycles. The molecular formula is C9H13NS. The minimum atomic E-state index is 1.00. The molecule has 1 nitrogen and oxygen atoms in total. The molecule has 2 heteroatoms. The van der Waals surface area contributed by atoms with Crippen molar-refractivity contribution < 1.29 is 0 Å². The molecule has 0 heterocycles. The van der Waals surface area contributed by atoms with Crippen LogP contribution in [0.4, 0.5) is 0 Å². The summed E-state index contributed by atoms with van der Waals surface area (Å²) < 4.78 is 0. The Morgan fingerprint density at radius 3 is 2.64 bits per heavy atom. The largest absolute Gasteiger partial charge is 0.308 e. The summed E-state index contributed by atoms with van der Waals surface area (Å²) in [6.07, 6.45) is 0. The zero-order valence-electron chi connectivity index (χ0n) is 6.71. The first-order valence-corrected chi connectivity index (χ1v) is 4.80. The molecule has 11 heavy (non-hydrogen) atoms. The fourth-order valence-corrected chi connectivity index (χ4v) is 1.58. The van der Waals surface area contributed by atoms with Crippen LogP contribution in [0.2, 0.25) is 0 Å². The minimum Gasteiger partial charge on any atom is -0.308 e. The molecule has 0 unspecified atom stereocenters. The second kappa shape index (κ2) is 5.22. The average molecular weight is 167 g/mol. The minimum absolute atomic E-state index is 1.00. The number of benzene rings is 1. The van der Waals surface area contributed by atoms with Gasteiger partial charge in [0.15, 0.2) is 0 Å². The van der Waals surface area contributed by atoms with Gasteiger partial charge >= 0.3 is 0 Å². The third-order valence-electron chi connectivity index (χ3n) is 1.33. The Morgan fingerprint density at radius 1 is 1.27 bits per heavy atom. The van der Waals surface area contributed by atoms with E-state index in [1.165, 1.54) is 4.90 Å². The van der Waals surface area contributed by atoms with Gasteiger partial charge in [0, 0.05) is 10.8 Å². The van der Waals surface area contributed by atoms with Gasteiger partial charge in [0.2, 0.25) is 0 Å². The quantitative estimate of drug-likeness (QED) is 0.419. The second-order valence-corrected chi connectivity index (χ2v) is 3.25. The summed E-state index contributed by atoms with van der Waals surface area (Å²) in [5, 5.41) is 3.26. The zero-order chi connectivity index (χ0) is 7.94. The monoisotopic (exact) mass is 167 g/mol. The summed E-state index contributed by atoms with van der Waals surface area (Å²) in [6.45, 7) is 3.16. The first-order valence-electron chi connectivity index (χ1n) is 3.82. The standard InChI is InChI=1S/C9H13NS/c1-2-10-8-11-9-6-4-3-5-7-9/h3-7,10H,2,8H2,1H3. The summed E-state index contributed by atoms with van der Waals surface area (Å²) in [5.74, 6) is 1.00. The van der Waals surface area contributed by atoms with Crippen molar-refractivity contribution in [1.82, 2.24) is 5.32 Å². The SMILES string of the molecule is CCNCSc1ccccc1. The number of hydrogen-bond donors (Lipinski definition) is 1. The van der Waals surface area contributed by atoms with E-state index in [-0.39, 0.29) is 0 Å². The number of rotatable bonds is 4. The van der Waals surface area contributed by atoms with Gasteiger partial charge in [-0.2, -0.15) is 0 Å². The highest BCUT2D eigenvalue weighted by atomic mass is 32.2. The molecule has 1 N–H and O–H groups in total. The van der Waals surface area contributed by atoms with Gasteiger partial charge in [-0.3, -0.25) is 0 Å². The Morgan fingerprint density at radius 2 is 2.00 bits per heavy atom. The molecule has 0 saturated heterocycles. The number of hydrogen-bond acceptors (Lipinski definition) is 2. The van der Waals surface area contributed by atoms with Crippen molar-refractivity contribution in [2.75, 3.05) is 12.4 Å². The van der Waals surface area contributed by atoms with Gasteiger partial charge < -0.3 is 5.32 Å². The van der Waals surface area contributed by atoms with Gasteiger partial charge in [-0.1, -0.05) is 25.1 Å². The van der Waals surface area contributed by atoms with Crippen LogP contribution in [0.1, 0.15) is 6.92 Å². The van der Waals surface area contributed by atoms with E-state index in [4.69, 9.17) is 0 Å². The Hall–Kier alpha value is -0.470. The van der Waals surface area contributed by atoms with Crippen molar-refractivity contribution in [1.29, 1.82) is 0 Å². The van der Waals surface area contributed by atoms with E-state index in [9.17, 15) is 0 Å². The normalized spacial score (nSPS) is 9.91. The predicted octanol–water partition coefficient (Wildman–Crippen LogP) is 2.35. The highest BCUT2D eigenvalue weighted by molar-refractivity contribution is 7.99. The van der Waals surface area contributed by atoms with Gasteiger partial charge in [0.1, 0.15) is 0 Å². The lowest BCUT2D eigenvalue weighted by Gasteiger charge is -2.00. The van der Waals surface area contributed by atoms with Crippen LogP contribution in [0, 0.1) is 0 Å². The lowest BCUT2D eigenvalue weighted by molar-refractivity contribution is 0.839. The van der Waals surface area contributed by atoms with E-state index >= 15 is 0 Å². The molecule has 1 rings (SSSR count). The smallest absolute Gasteiger partial charge is 0.0465 e. The van der Waals surface area contributed by atoms with E-state index in [0.717, 1.165) is 12.4 Å². The molecule has 0 aliphatic heterocycles. The van der Waals surface area contributed by atoms with Crippen molar-refractivity contribution in [2.45, 2.75) is 11.8 Å². The van der Waals surface area contributed by atoms with Crippen LogP contribution >= 0.6 is 11.8 Å². The van der Waals surface area contributed by atoms with Crippen LogP contribution in [0.3, 0.4) is 0 Å². The molecule has 1 aromatic carbocycles. The predicted molar refractivity (Wildman–Crippen MR) is 50.8 cm³/mol. The third-order valence-corrected chi connectivity index (χ3v) is 2.29.